The number of carbonyl (C=O) groups is 1. The maximum atomic E-state index is 10.8. The highest BCUT2D eigenvalue weighted by molar-refractivity contribution is 5.78. The topological polar surface area (TPSA) is 63.3 Å². The van der Waals surface area contributed by atoms with Gasteiger partial charge in [-0.1, -0.05) is 33.6 Å². The van der Waals surface area contributed by atoms with E-state index in [1.165, 1.54) is 0 Å². The zero-order chi connectivity index (χ0) is 9.78. The molecule has 0 saturated carbocycles. The Morgan fingerprint density at radius 2 is 2.08 bits per heavy atom. The third kappa shape index (κ3) is 2.48. The van der Waals surface area contributed by atoms with Gasteiger partial charge in [-0.25, -0.2) is 0 Å². The molecule has 0 aromatic rings. The standard InChI is InChI=1S/C9H19NO2/c1-4-5-6-9(10,7(2)3)8(11)12/h7H,4-6,10H2,1-3H3,(H,11,12). The lowest BCUT2D eigenvalue weighted by atomic mass is 9.83. The van der Waals surface area contributed by atoms with Gasteiger partial charge in [-0.2, -0.15) is 0 Å². The van der Waals surface area contributed by atoms with Crippen LogP contribution in [0.25, 0.3) is 0 Å². The Morgan fingerprint density at radius 1 is 1.58 bits per heavy atom. The first-order chi connectivity index (χ1) is 5.45. The smallest absolute Gasteiger partial charge is 0.323 e. The van der Waals surface area contributed by atoms with Crippen LogP contribution in [0, 0.1) is 5.92 Å². The first kappa shape index (κ1) is 11.4. The van der Waals surface area contributed by atoms with Gasteiger partial charge in [0.15, 0.2) is 0 Å². The van der Waals surface area contributed by atoms with Crippen LogP contribution < -0.4 is 5.73 Å². The third-order valence-corrected chi connectivity index (χ3v) is 2.37. The molecule has 0 saturated heterocycles. The fourth-order valence-corrected chi connectivity index (χ4v) is 1.11. The van der Waals surface area contributed by atoms with Crippen LogP contribution in [-0.2, 0) is 4.79 Å². The molecule has 1 unspecified atom stereocenters. The Kier molecular flexibility index (Phi) is 4.24. The Morgan fingerprint density at radius 3 is 2.33 bits per heavy atom. The molecule has 0 aromatic heterocycles. The van der Waals surface area contributed by atoms with Crippen molar-refractivity contribution < 1.29 is 9.90 Å². The van der Waals surface area contributed by atoms with Gasteiger partial charge in [0.1, 0.15) is 5.54 Å². The predicted octanol–water partition coefficient (Wildman–Crippen LogP) is 1.61. The molecule has 0 aliphatic rings. The summed E-state index contributed by atoms with van der Waals surface area (Å²) in [5, 5.41) is 8.90. The molecule has 0 rings (SSSR count). The second kappa shape index (κ2) is 4.45. The van der Waals surface area contributed by atoms with Crippen LogP contribution in [0.1, 0.15) is 40.0 Å². The van der Waals surface area contributed by atoms with Gasteiger partial charge in [-0.15, -0.1) is 0 Å². The zero-order valence-corrected chi connectivity index (χ0v) is 8.13. The van der Waals surface area contributed by atoms with Crippen molar-refractivity contribution >= 4 is 5.97 Å². The van der Waals surface area contributed by atoms with Crippen LogP contribution in [-0.4, -0.2) is 16.6 Å². The van der Waals surface area contributed by atoms with Crippen molar-refractivity contribution in [3.63, 3.8) is 0 Å². The molecule has 3 N–H and O–H groups in total. The van der Waals surface area contributed by atoms with Crippen molar-refractivity contribution in [3.05, 3.63) is 0 Å². The molecule has 3 heteroatoms. The molecule has 0 amide bonds. The highest BCUT2D eigenvalue weighted by Crippen LogP contribution is 2.21. The van der Waals surface area contributed by atoms with Crippen LogP contribution >= 0.6 is 0 Å². The van der Waals surface area contributed by atoms with E-state index in [0.717, 1.165) is 12.8 Å². The van der Waals surface area contributed by atoms with Crippen LogP contribution in [0.5, 0.6) is 0 Å². The number of rotatable bonds is 5. The monoisotopic (exact) mass is 173 g/mol. The highest BCUT2D eigenvalue weighted by atomic mass is 16.4. The lowest BCUT2D eigenvalue weighted by Crippen LogP contribution is -2.52. The Bertz CT molecular complexity index is 157. The van der Waals surface area contributed by atoms with Crippen LogP contribution in [0.3, 0.4) is 0 Å². The minimum Gasteiger partial charge on any atom is -0.480 e. The second-order valence-corrected chi connectivity index (χ2v) is 3.60. The summed E-state index contributed by atoms with van der Waals surface area (Å²) in [4.78, 5) is 10.8. The van der Waals surface area contributed by atoms with Crippen LogP contribution in [0.15, 0.2) is 0 Å². The summed E-state index contributed by atoms with van der Waals surface area (Å²) < 4.78 is 0. The molecule has 72 valence electrons. The molecule has 0 radical (unpaired) electrons. The summed E-state index contributed by atoms with van der Waals surface area (Å²) in [7, 11) is 0. The van der Waals surface area contributed by atoms with Gasteiger partial charge in [0.2, 0.25) is 0 Å². The Hall–Kier alpha value is -0.570. The molecular formula is C9H19NO2. The van der Waals surface area contributed by atoms with Crippen LogP contribution in [0.2, 0.25) is 0 Å². The number of aliphatic carboxylic acids is 1. The molecule has 0 bridgehead atoms. The molecule has 0 heterocycles. The van der Waals surface area contributed by atoms with Crippen molar-refractivity contribution in [1.29, 1.82) is 0 Å². The molecule has 0 aliphatic heterocycles. The van der Waals surface area contributed by atoms with Gasteiger partial charge >= 0.3 is 5.97 Å². The van der Waals surface area contributed by atoms with Crippen molar-refractivity contribution in [2.24, 2.45) is 11.7 Å². The first-order valence-corrected chi connectivity index (χ1v) is 4.47. The number of hydrogen-bond acceptors (Lipinski definition) is 2. The summed E-state index contributed by atoms with van der Waals surface area (Å²) in [5.41, 5.74) is 4.74. The number of hydrogen-bond donors (Lipinski definition) is 2. The molecular weight excluding hydrogens is 154 g/mol. The summed E-state index contributed by atoms with van der Waals surface area (Å²) in [6.45, 7) is 5.73. The van der Waals surface area contributed by atoms with Crippen LogP contribution in [0.4, 0.5) is 0 Å². The van der Waals surface area contributed by atoms with E-state index in [9.17, 15) is 4.79 Å². The van der Waals surface area contributed by atoms with Crippen molar-refractivity contribution in [1.82, 2.24) is 0 Å². The lowest BCUT2D eigenvalue weighted by Gasteiger charge is -2.28. The minimum atomic E-state index is -1.03. The molecule has 12 heavy (non-hydrogen) atoms. The number of carboxylic acids is 1. The van der Waals surface area contributed by atoms with Gasteiger partial charge in [0, 0.05) is 0 Å². The first-order valence-electron chi connectivity index (χ1n) is 4.47. The summed E-state index contributed by atoms with van der Waals surface area (Å²) in [6, 6.07) is 0. The largest absolute Gasteiger partial charge is 0.480 e. The van der Waals surface area contributed by atoms with E-state index in [1.807, 2.05) is 20.8 Å². The molecule has 1 atom stereocenters. The highest BCUT2D eigenvalue weighted by Gasteiger charge is 2.36. The molecule has 3 nitrogen and oxygen atoms in total. The molecule has 0 aromatic carbocycles. The van der Waals surface area contributed by atoms with E-state index in [-0.39, 0.29) is 5.92 Å². The van der Waals surface area contributed by atoms with E-state index in [0.29, 0.717) is 6.42 Å². The van der Waals surface area contributed by atoms with E-state index < -0.39 is 11.5 Å². The second-order valence-electron chi connectivity index (χ2n) is 3.60. The normalized spacial score (nSPS) is 16.1. The summed E-state index contributed by atoms with van der Waals surface area (Å²) >= 11 is 0. The Balaban J connectivity index is 4.29. The third-order valence-electron chi connectivity index (χ3n) is 2.37. The number of nitrogens with two attached hydrogens (primary N) is 1. The van der Waals surface area contributed by atoms with Gasteiger partial charge in [-0.05, 0) is 12.3 Å². The minimum absolute atomic E-state index is 0.0125. The van der Waals surface area contributed by atoms with Crippen molar-refractivity contribution in [2.75, 3.05) is 0 Å². The maximum Gasteiger partial charge on any atom is 0.323 e. The predicted molar refractivity (Wildman–Crippen MR) is 48.9 cm³/mol. The number of carboxylic acid groups (broad SMARTS) is 1. The quantitative estimate of drug-likeness (QED) is 0.664. The van der Waals surface area contributed by atoms with E-state index in [2.05, 4.69) is 0 Å². The van der Waals surface area contributed by atoms with Crippen molar-refractivity contribution in [3.8, 4) is 0 Å². The average molecular weight is 173 g/mol. The van der Waals surface area contributed by atoms with Gasteiger partial charge in [0.05, 0.1) is 0 Å². The Labute approximate surface area is 74.0 Å². The SMILES string of the molecule is CCCCC(N)(C(=O)O)C(C)C. The van der Waals surface area contributed by atoms with Gasteiger partial charge < -0.3 is 10.8 Å². The van der Waals surface area contributed by atoms with E-state index in [4.69, 9.17) is 10.8 Å². The lowest BCUT2D eigenvalue weighted by molar-refractivity contribution is -0.145. The van der Waals surface area contributed by atoms with Gasteiger partial charge in [0.25, 0.3) is 0 Å². The number of unbranched alkanes of at least 4 members (excludes halogenated alkanes) is 1. The summed E-state index contributed by atoms with van der Waals surface area (Å²) in [6.07, 6.45) is 2.43. The fourth-order valence-electron chi connectivity index (χ4n) is 1.11. The van der Waals surface area contributed by atoms with E-state index in [1.54, 1.807) is 0 Å². The van der Waals surface area contributed by atoms with Gasteiger partial charge in [-0.3, -0.25) is 4.79 Å². The van der Waals surface area contributed by atoms with E-state index >= 15 is 0 Å². The molecule has 0 aliphatic carbocycles. The summed E-state index contributed by atoms with van der Waals surface area (Å²) in [5.74, 6) is -0.896. The fraction of sp³-hybridized carbons (Fsp3) is 0.889. The molecule has 0 fully saturated rings. The van der Waals surface area contributed by atoms with Crippen molar-refractivity contribution in [2.45, 2.75) is 45.6 Å². The molecule has 0 spiro atoms. The zero-order valence-electron chi connectivity index (χ0n) is 8.13. The maximum absolute atomic E-state index is 10.8. The average Bonchev–Trinajstić information content (AvgIpc) is 1.99.